The van der Waals surface area contributed by atoms with Gasteiger partial charge in [0.1, 0.15) is 0 Å². The minimum atomic E-state index is -0.319. The lowest BCUT2D eigenvalue weighted by Crippen LogP contribution is -2.44. The van der Waals surface area contributed by atoms with Crippen LogP contribution in [0.1, 0.15) is 19.8 Å². The van der Waals surface area contributed by atoms with E-state index in [0.717, 1.165) is 25.1 Å². The third kappa shape index (κ3) is 6.29. The van der Waals surface area contributed by atoms with Crippen LogP contribution in [0.15, 0.2) is 49.1 Å². The van der Waals surface area contributed by atoms with E-state index in [9.17, 15) is 9.59 Å². The summed E-state index contributed by atoms with van der Waals surface area (Å²) < 4.78 is 2.00. The molecule has 0 fully saturated rings. The molecule has 2 N–H and O–H groups in total. The minimum Gasteiger partial charge on any atom is -0.338 e. The Bertz CT molecular complexity index is 643. The summed E-state index contributed by atoms with van der Waals surface area (Å²) in [6.45, 7) is 3.89. The van der Waals surface area contributed by atoms with E-state index >= 15 is 0 Å². The largest absolute Gasteiger partial charge is 0.338 e. The molecule has 134 valence electrons. The Balaban J connectivity index is 1.62. The zero-order valence-corrected chi connectivity index (χ0v) is 14.5. The lowest BCUT2D eigenvalue weighted by molar-refractivity contribution is -0.117. The Morgan fingerprint density at radius 1 is 1.16 bits per heavy atom. The first-order valence-corrected chi connectivity index (χ1v) is 8.53. The lowest BCUT2D eigenvalue weighted by atomic mass is 10.3. The van der Waals surface area contributed by atoms with Gasteiger partial charge in [0.2, 0.25) is 5.91 Å². The molecular weight excluding hydrogens is 318 g/mol. The van der Waals surface area contributed by atoms with Crippen molar-refractivity contribution in [1.82, 2.24) is 20.2 Å². The van der Waals surface area contributed by atoms with Gasteiger partial charge in [-0.25, -0.2) is 9.78 Å². The average molecular weight is 343 g/mol. The van der Waals surface area contributed by atoms with Crippen molar-refractivity contribution in [1.29, 1.82) is 0 Å². The molecule has 25 heavy (non-hydrogen) atoms. The molecule has 7 nitrogen and oxygen atoms in total. The van der Waals surface area contributed by atoms with Crippen LogP contribution in [0.2, 0.25) is 0 Å². The highest BCUT2D eigenvalue weighted by atomic mass is 16.2. The summed E-state index contributed by atoms with van der Waals surface area (Å²) in [7, 11) is 0. The van der Waals surface area contributed by atoms with E-state index in [-0.39, 0.29) is 18.5 Å². The van der Waals surface area contributed by atoms with E-state index in [2.05, 4.69) is 15.6 Å². The van der Waals surface area contributed by atoms with Gasteiger partial charge in [-0.05, 0) is 31.9 Å². The van der Waals surface area contributed by atoms with Gasteiger partial charge in [-0.3, -0.25) is 4.79 Å². The molecule has 0 unspecified atom stereocenters. The maximum Gasteiger partial charge on any atom is 0.315 e. The zero-order valence-electron chi connectivity index (χ0n) is 14.5. The second kappa shape index (κ2) is 10.1. The number of nitrogens with one attached hydrogen (secondary N) is 2. The van der Waals surface area contributed by atoms with Gasteiger partial charge < -0.3 is 20.1 Å². The lowest BCUT2D eigenvalue weighted by Gasteiger charge is -2.21. The molecule has 2 rings (SSSR count). The van der Waals surface area contributed by atoms with Crippen LogP contribution in [0.25, 0.3) is 0 Å². The molecule has 0 aliphatic carbocycles. The molecule has 0 saturated heterocycles. The molecular formula is C18H25N5O2. The average Bonchev–Trinajstić information content (AvgIpc) is 3.15. The standard InChI is InChI=1S/C18H25N5O2/c1-2-23(16-8-4-3-5-9-16)17(24)14-21-18(25)20-10-6-7-12-22-13-11-19-15-22/h3-5,8-9,11,13,15H,2,6-7,10,12,14H2,1H3,(H2,20,21,25). The molecule has 0 atom stereocenters. The van der Waals surface area contributed by atoms with Crippen LogP contribution in [0, 0.1) is 0 Å². The molecule has 3 amide bonds. The second-order valence-electron chi connectivity index (χ2n) is 5.59. The van der Waals surface area contributed by atoms with Gasteiger partial charge in [-0.2, -0.15) is 0 Å². The van der Waals surface area contributed by atoms with Gasteiger partial charge >= 0.3 is 6.03 Å². The Hall–Kier alpha value is -2.83. The molecule has 7 heteroatoms. The van der Waals surface area contributed by atoms with Gasteiger partial charge in [-0.1, -0.05) is 18.2 Å². The Labute approximate surface area is 148 Å². The van der Waals surface area contributed by atoms with E-state index in [1.54, 1.807) is 17.4 Å². The summed E-state index contributed by atoms with van der Waals surface area (Å²) in [4.78, 5) is 29.7. The number of carbonyl (C=O) groups is 2. The Kier molecular flexibility index (Phi) is 7.49. The van der Waals surface area contributed by atoms with Crippen molar-refractivity contribution >= 4 is 17.6 Å². The summed E-state index contributed by atoms with van der Waals surface area (Å²) in [6.07, 6.45) is 7.26. The maximum atomic E-state index is 12.3. The number of amides is 3. The Morgan fingerprint density at radius 3 is 2.64 bits per heavy atom. The fourth-order valence-corrected chi connectivity index (χ4v) is 2.46. The predicted octanol–water partition coefficient (Wildman–Crippen LogP) is 2.02. The summed E-state index contributed by atoms with van der Waals surface area (Å²) in [5.41, 5.74) is 0.830. The van der Waals surface area contributed by atoms with Crippen molar-refractivity contribution in [2.24, 2.45) is 0 Å². The van der Waals surface area contributed by atoms with Crippen LogP contribution < -0.4 is 15.5 Å². The number of aromatic nitrogens is 2. The molecule has 0 aliphatic rings. The first-order valence-electron chi connectivity index (χ1n) is 8.53. The summed E-state index contributed by atoms with van der Waals surface area (Å²) in [5.74, 6) is -0.135. The van der Waals surface area contributed by atoms with E-state index in [4.69, 9.17) is 0 Å². The number of urea groups is 1. The third-order valence-corrected chi connectivity index (χ3v) is 3.77. The van der Waals surface area contributed by atoms with Crippen molar-refractivity contribution < 1.29 is 9.59 Å². The van der Waals surface area contributed by atoms with Crippen LogP contribution in [0.3, 0.4) is 0 Å². The van der Waals surface area contributed by atoms with Crippen LogP contribution in [-0.4, -0.2) is 41.1 Å². The molecule has 0 spiro atoms. The van der Waals surface area contributed by atoms with Crippen LogP contribution in [0.5, 0.6) is 0 Å². The van der Waals surface area contributed by atoms with E-state index < -0.39 is 0 Å². The molecule has 1 heterocycles. The topological polar surface area (TPSA) is 79.3 Å². The predicted molar refractivity (Wildman–Crippen MR) is 97.3 cm³/mol. The molecule has 0 bridgehead atoms. The molecule has 0 saturated carbocycles. The number of anilines is 1. The first-order chi connectivity index (χ1) is 12.2. The fourth-order valence-electron chi connectivity index (χ4n) is 2.46. The second-order valence-corrected chi connectivity index (χ2v) is 5.59. The summed E-state index contributed by atoms with van der Waals surface area (Å²) >= 11 is 0. The number of unbranched alkanes of at least 4 members (excludes halogenated alkanes) is 1. The Morgan fingerprint density at radius 2 is 1.96 bits per heavy atom. The van der Waals surface area contributed by atoms with Crippen molar-refractivity contribution in [2.45, 2.75) is 26.3 Å². The number of hydrogen-bond donors (Lipinski definition) is 2. The van der Waals surface area contributed by atoms with E-state index in [0.29, 0.717) is 13.1 Å². The number of likely N-dealkylation sites (N-methyl/N-ethyl adjacent to an activating group) is 1. The van der Waals surface area contributed by atoms with Crippen LogP contribution in [0.4, 0.5) is 10.5 Å². The van der Waals surface area contributed by atoms with E-state index in [1.807, 2.05) is 48.0 Å². The highest BCUT2D eigenvalue weighted by molar-refractivity contribution is 5.96. The van der Waals surface area contributed by atoms with Crippen molar-refractivity contribution in [2.75, 3.05) is 24.5 Å². The maximum absolute atomic E-state index is 12.3. The number of imidazole rings is 1. The van der Waals surface area contributed by atoms with E-state index in [1.165, 1.54) is 0 Å². The third-order valence-electron chi connectivity index (χ3n) is 3.77. The molecule has 0 radical (unpaired) electrons. The van der Waals surface area contributed by atoms with Gasteiger partial charge in [0.25, 0.3) is 0 Å². The summed E-state index contributed by atoms with van der Waals surface area (Å²) in [5, 5.41) is 5.38. The fraction of sp³-hybridized carbons (Fsp3) is 0.389. The first kappa shape index (κ1) is 18.5. The normalized spacial score (nSPS) is 10.3. The monoisotopic (exact) mass is 343 g/mol. The van der Waals surface area contributed by atoms with Crippen molar-refractivity contribution in [3.05, 3.63) is 49.1 Å². The number of hydrogen-bond acceptors (Lipinski definition) is 3. The smallest absolute Gasteiger partial charge is 0.315 e. The molecule has 0 aliphatic heterocycles. The molecule has 1 aromatic carbocycles. The number of carbonyl (C=O) groups excluding carboxylic acids is 2. The number of para-hydroxylation sites is 1. The quantitative estimate of drug-likeness (QED) is 0.684. The zero-order chi connectivity index (χ0) is 17.9. The SMILES string of the molecule is CCN(C(=O)CNC(=O)NCCCCn1ccnc1)c1ccccc1. The van der Waals surface area contributed by atoms with Crippen LogP contribution in [-0.2, 0) is 11.3 Å². The summed E-state index contributed by atoms with van der Waals surface area (Å²) in [6, 6.07) is 9.11. The van der Waals surface area contributed by atoms with Gasteiger partial charge in [0, 0.05) is 37.7 Å². The van der Waals surface area contributed by atoms with Gasteiger partial charge in [-0.15, -0.1) is 0 Å². The highest BCUT2D eigenvalue weighted by Gasteiger charge is 2.14. The van der Waals surface area contributed by atoms with Crippen LogP contribution >= 0.6 is 0 Å². The van der Waals surface area contributed by atoms with Crippen molar-refractivity contribution in [3.8, 4) is 0 Å². The molecule has 2 aromatic rings. The number of rotatable bonds is 9. The molecule has 1 aromatic heterocycles. The number of nitrogens with zero attached hydrogens (tertiary/aromatic N) is 3. The number of benzene rings is 1. The minimum absolute atomic E-state index is 0.0242. The van der Waals surface area contributed by atoms with Gasteiger partial charge in [0.05, 0.1) is 12.9 Å². The number of aryl methyl sites for hydroxylation is 1. The van der Waals surface area contributed by atoms with Crippen molar-refractivity contribution in [3.63, 3.8) is 0 Å². The highest BCUT2D eigenvalue weighted by Crippen LogP contribution is 2.12. The van der Waals surface area contributed by atoms with Gasteiger partial charge in [0.15, 0.2) is 0 Å².